The zero-order valence-electron chi connectivity index (χ0n) is 7.29. The summed E-state index contributed by atoms with van der Waals surface area (Å²) in [5.41, 5.74) is 0.911. The van der Waals surface area contributed by atoms with E-state index in [0.717, 1.165) is 12.2 Å². The molecular formula is C8H13ClN2O. The lowest BCUT2D eigenvalue weighted by Gasteiger charge is -2.07. The third kappa shape index (κ3) is 1.99. The van der Waals surface area contributed by atoms with Gasteiger partial charge in [0.25, 0.3) is 0 Å². The first kappa shape index (κ1) is 9.55. The second-order valence-electron chi connectivity index (χ2n) is 2.82. The van der Waals surface area contributed by atoms with Gasteiger partial charge in [-0.3, -0.25) is 0 Å². The van der Waals surface area contributed by atoms with Crippen molar-refractivity contribution >= 4 is 11.6 Å². The zero-order chi connectivity index (χ0) is 9.14. The van der Waals surface area contributed by atoms with Gasteiger partial charge in [0.05, 0.1) is 18.1 Å². The van der Waals surface area contributed by atoms with Crippen molar-refractivity contribution in [2.75, 3.05) is 0 Å². The number of rotatable bonds is 3. The number of imidazole rings is 1. The van der Waals surface area contributed by atoms with Gasteiger partial charge in [-0.05, 0) is 13.8 Å². The SMILES string of the molecule is CCn1cnc(Cl)c1C[C@@H](C)O. The lowest BCUT2D eigenvalue weighted by molar-refractivity contribution is 0.193. The van der Waals surface area contributed by atoms with Gasteiger partial charge in [0.15, 0.2) is 0 Å². The van der Waals surface area contributed by atoms with Gasteiger partial charge in [0.2, 0.25) is 0 Å². The predicted molar refractivity (Wildman–Crippen MR) is 48.3 cm³/mol. The standard InChI is InChI=1S/C8H13ClN2O/c1-3-11-5-10-8(9)7(11)4-6(2)12/h5-6,12H,3-4H2,1-2H3/t6-/m1/s1. The Morgan fingerprint density at radius 2 is 2.42 bits per heavy atom. The molecule has 0 radical (unpaired) electrons. The number of aromatic nitrogens is 2. The molecule has 1 heterocycles. The second kappa shape index (κ2) is 3.92. The smallest absolute Gasteiger partial charge is 0.150 e. The molecule has 0 fully saturated rings. The number of aliphatic hydroxyl groups is 1. The van der Waals surface area contributed by atoms with Gasteiger partial charge in [-0.1, -0.05) is 11.6 Å². The highest BCUT2D eigenvalue weighted by Crippen LogP contribution is 2.15. The van der Waals surface area contributed by atoms with Crippen LogP contribution in [0.4, 0.5) is 0 Å². The molecule has 1 rings (SSSR count). The monoisotopic (exact) mass is 188 g/mol. The van der Waals surface area contributed by atoms with Gasteiger partial charge in [-0.25, -0.2) is 4.98 Å². The lowest BCUT2D eigenvalue weighted by atomic mass is 10.2. The topological polar surface area (TPSA) is 38.0 Å². The van der Waals surface area contributed by atoms with Crippen LogP contribution >= 0.6 is 11.6 Å². The molecular weight excluding hydrogens is 176 g/mol. The number of aliphatic hydroxyl groups excluding tert-OH is 1. The van der Waals surface area contributed by atoms with E-state index in [-0.39, 0.29) is 6.10 Å². The molecule has 0 unspecified atom stereocenters. The molecule has 0 spiro atoms. The summed E-state index contributed by atoms with van der Waals surface area (Å²) in [5, 5.41) is 9.67. The Labute approximate surface area is 77.0 Å². The van der Waals surface area contributed by atoms with Crippen LogP contribution in [0.5, 0.6) is 0 Å². The first-order valence-electron chi connectivity index (χ1n) is 4.02. The average molecular weight is 189 g/mol. The van der Waals surface area contributed by atoms with E-state index < -0.39 is 0 Å². The van der Waals surface area contributed by atoms with E-state index in [4.69, 9.17) is 16.7 Å². The van der Waals surface area contributed by atoms with Gasteiger partial charge in [0, 0.05) is 13.0 Å². The van der Waals surface area contributed by atoms with Crippen molar-refractivity contribution in [1.29, 1.82) is 0 Å². The van der Waals surface area contributed by atoms with Crippen molar-refractivity contribution in [1.82, 2.24) is 9.55 Å². The Kier molecular flexibility index (Phi) is 3.12. The maximum absolute atomic E-state index is 9.17. The molecule has 1 aromatic heterocycles. The highest BCUT2D eigenvalue weighted by atomic mass is 35.5. The third-order valence-electron chi connectivity index (χ3n) is 1.72. The van der Waals surface area contributed by atoms with Crippen LogP contribution in [0.15, 0.2) is 6.33 Å². The summed E-state index contributed by atoms with van der Waals surface area (Å²) >= 11 is 5.82. The highest BCUT2D eigenvalue weighted by molar-refractivity contribution is 6.30. The lowest BCUT2D eigenvalue weighted by Crippen LogP contribution is -2.09. The van der Waals surface area contributed by atoms with E-state index in [0.29, 0.717) is 11.6 Å². The van der Waals surface area contributed by atoms with Gasteiger partial charge in [0.1, 0.15) is 5.15 Å². The van der Waals surface area contributed by atoms with Crippen LogP contribution in [-0.2, 0) is 13.0 Å². The van der Waals surface area contributed by atoms with E-state index in [1.807, 2.05) is 11.5 Å². The van der Waals surface area contributed by atoms with Crippen molar-refractivity contribution in [3.05, 3.63) is 17.2 Å². The van der Waals surface area contributed by atoms with Crippen LogP contribution in [-0.4, -0.2) is 20.8 Å². The average Bonchev–Trinajstić information content (AvgIpc) is 2.32. The summed E-state index contributed by atoms with van der Waals surface area (Å²) in [4.78, 5) is 3.96. The predicted octanol–water partition coefficient (Wildman–Crippen LogP) is 1.48. The summed E-state index contributed by atoms with van der Waals surface area (Å²) in [6, 6.07) is 0. The maximum Gasteiger partial charge on any atom is 0.150 e. The minimum atomic E-state index is -0.371. The Balaban J connectivity index is 2.86. The number of hydrogen-bond donors (Lipinski definition) is 1. The summed E-state index contributed by atoms with van der Waals surface area (Å²) in [6.45, 7) is 4.59. The Bertz CT molecular complexity index is 258. The molecule has 12 heavy (non-hydrogen) atoms. The van der Waals surface area contributed by atoms with Crippen LogP contribution in [0.2, 0.25) is 5.15 Å². The van der Waals surface area contributed by atoms with Crippen LogP contribution in [0, 0.1) is 0 Å². The molecule has 68 valence electrons. The normalized spacial score (nSPS) is 13.3. The van der Waals surface area contributed by atoms with E-state index in [9.17, 15) is 0 Å². The quantitative estimate of drug-likeness (QED) is 0.781. The molecule has 3 nitrogen and oxygen atoms in total. The molecule has 0 aliphatic carbocycles. The molecule has 1 aromatic rings. The fourth-order valence-corrected chi connectivity index (χ4v) is 1.37. The largest absolute Gasteiger partial charge is 0.393 e. The molecule has 1 N–H and O–H groups in total. The number of hydrogen-bond acceptors (Lipinski definition) is 2. The first-order chi connectivity index (χ1) is 5.65. The molecule has 1 atom stereocenters. The number of nitrogens with zero attached hydrogens (tertiary/aromatic N) is 2. The van der Waals surface area contributed by atoms with Gasteiger partial charge < -0.3 is 9.67 Å². The molecule has 4 heteroatoms. The third-order valence-corrected chi connectivity index (χ3v) is 2.04. The van der Waals surface area contributed by atoms with Crippen LogP contribution < -0.4 is 0 Å². The van der Waals surface area contributed by atoms with E-state index >= 15 is 0 Å². The Morgan fingerprint density at radius 1 is 1.75 bits per heavy atom. The minimum Gasteiger partial charge on any atom is -0.393 e. The number of aryl methyl sites for hydroxylation is 1. The van der Waals surface area contributed by atoms with Gasteiger partial charge in [-0.2, -0.15) is 0 Å². The molecule has 0 amide bonds. The van der Waals surface area contributed by atoms with Crippen molar-refractivity contribution in [3.8, 4) is 0 Å². The minimum absolute atomic E-state index is 0.371. The molecule has 0 aliphatic rings. The molecule has 0 aromatic carbocycles. The fourth-order valence-electron chi connectivity index (χ4n) is 1.14. The van der Waals surface area contributed by atoms with Crippen molar-refractivity contribution in [2.24, 2.45) is 0 Å². The summed E-state index contributed by atoms with van der Waals surface area (Å²) in [5.74, 6) is 0. The zero-order valence-corrected chi connectivity index (χ0v) is 8.04. The van der Waals surface area contributed by atoms with Crippen molar-refractivity contribution in [3.63, 3.8) is 0 Å². The Hall–Kier alpha value is -0.540. The van der Waals surface area contributed by atoms with E-state index in [1.165, 1.54) is 0 Å². The van der Waals surface area contributed by atoms with E-state index in [1.54, 1.807) is 13.3 Å². The summed E-state index contributed by atoms with van der Waals surface area (Å²) in [6.07, 6.45) is 1.89. The van der Waals surface area contributed by atoms with Crippen LogP contribution in [0.3, 0.4) is 0 Å². The Morgan fingerprint density at radius 3 is 2.92 bits per heavy atom. The second-order valence-corrected chi connectivity index (χ2v) is 3.18. The van der Waals surface area contributed by atoms with Gasteiger partial charge in [-0.15, -0.1) is 0 Å². The van der Waals surface area contributed by atoms with Crippen LogP contribution in [0.25, 0.3) is 0 Å². The number of halogens is 1. The first-order valence-corrected chi connectivity index (χ1v) is 4.40. The van der Waals surface area contributed by atoms with Crippen molar-refractivity contribution < 1.29 is 5.11 Å². The maximum atomic E-state index is 9.17. The fraction of sp³-hybridized carbons (Fsp3) is 0.625. The van der Waals surface area contributed by atoms with Crippen molar-refractivity contribution in [2.45, 2.75) is 32.9 Å². The van der Waals surface area contributed by atoms with Crippen LogP contribution in [0.1, 0.15) is 19.5 Å². The molecule has 0 saturated heterocycles. The molecule has 0 saturated carbocycles. The van der Waals surface area contributed by atoms with Gasteiger partial charge >= 0.3 is 0 Å². The molecule has 0 aliphatic heterocycles. The molecule has 0 bridgehead atoms. The highest BCUT2D eigenvalue weighted by Gasteiger charge is 2.09. The summed E-state index contributed by atoms with van der Waals surface area (Å²) in [7, 11) is 0. The summed E-state index contributed by atoms with van der Waals surface area (Å²) < 4.78 is 1.94. The van der Waals surface area contributed by atoms with E-state index in [2.05, 4.69) is 4.98 Å².